The van der Waals surface area contributed by atoms with Crippen molar-refractivity contribution in [1.29, 1.82) is 0 Å². The van der Waals surface area contributed by atoms with Gasteiger partial charge < -0.3 is 4.74 Å². The number of rotatable bonds is 2. The number of Topliss-reactive ketones (excluding diaryl/α,β-unsaturated/α-hetero) is 1. The third-order valence-electron chi connectivity index (χ3n) is 4.95. The maximum Gasteiger partial charge on any atom is 0.166 e. The Bertz CT molecular complexity index is 697. The number of carbonyl (C=O) groups is 1. The molecule has 4 rings (SSSR count). The highest BCUT2D eigenvalue weighted by atomic mass is 16.5. The molecule has 1 aromatic carbocycles. The van der Waals surface area contributed by atoms with Crippen LogP contribution in [-0.4, -0.2) is 23.0 Å². The van der Waals surface area contributed by atoms with Crippen molar-refractivity contribution in [2.24, 2.45) is 5.92 Å². The number of fused-ring (bicyclic) bond motifs is 3. The van der Waals surface area contributed by atoms with Gasteiger partial charge in [-0.05, 0) is 44.2 Å². The van der Waals surface area contributed by atoms with Gasteiger partial charge in [-0.1, -0.05) is 18.2 Å². The minimum absolute atomic E-state index is 0.121. The lowest BCUT2D eigenvalue weighted by Crippen LogP contribution is -2.30. The Morgan fingerprint density at radius 2 is 1.95 bits per heavy atom. The first-order chi connectivity index (χ1) is 10.2. The molecular formula is C18H19NO2. The standard InChI is InChI=1S/C18H19NO2/c1-11-16(7-4-12-3-2-8-19-17(11)12)18(20)13-9-14-5-6-15(10-13)21-14/h2-4,7-8,13-15H,5-6,9-10H2,1H3. The summed E-state index contributed by atoms with van der Waals surface area (Å²) in [6.45, 7) is 2.01. The van der Waals surface area contributed by atoms with Gasteiger partial charge in [0.25, 0.3) is 0 Å². The van der Waals surface area contributed by atoms with Crippen molar-refractivity contribution in [2.45, 2.75) is 44.8 Å². The number of pyridine rings is 1. The number of carbonyl (C=O) groups excluding carboxylic acids is 1. The Morgan fingerprint density at radius 3 is 2.71 bits per heavy atom. The molecule has 21 heavy (non-hydrogen) atoms. The van der Waals surface area contributed by atoms with Gasteiger partial charge in [0, 0.05) is 23.1 Å². The van der Waals surface area contributed by atoms with Crippen LogP contribution in [0.4, 0.5) is 0 Å². The maximum absolute atomic E-state index is 12.9. The van der Waals surface area contributed by atoms with Gasteiger partial charge in [0.15, 0.2) is 5.78 Å². The van der Waals surface area contributed by atoms with Crippen molar-refractivity contribution in [2.75, 3.05) is 0 Å². The van der Waals surface area contributed by atoms with Crippen molar-refractivity contribution in [3.63, 3.8) is 0 Å². The lowest BCUT2D eigenvalue weighted by molar-refractivity contribution is -0.0149. The normalized spacial score (nSPS) is 28.0. The smallest absolute Gasteiger partial charge is 0.166 e. The molecule has 0 spiro atoms. The average molecular weight is 281 g/mol. The van der Waals surface area contributed by atoms with Gasteiger partial charge in [0.2, 0.25) is 0 Å². The van der Waals surface area contributed by atoms with Gasteiger partial charge in [-0.3, -0.25) is 9.78 Å². The van der Waals surface area contributed by atoms with E-state index in [1.807, 2.05) is 31.2 Å². The summed E-state index contributed by atoms with van der Waals surface area (Å²) in [7, 11) is 0. The number of hydrogen-bond donors (Lipinski definition) is 0. The van der Waals surface area contributed by atoms with Gasteiger partial charge in [-0.15, -0.1) is 0 Å². The molecule has 1 aromatic heterocycles. The van der Waals surface area contributed by atoms with Gasteiger partial charge >= 0.3 is 0 Å². The molecule has 2 aromatic rings. The van der Waals surface area contributed by atoms with Crippen LogP contribution in [-0.2, 0) is 4.74 Å². The second kappa shape index (κ2) is 4.92. The van der Waals surface area contributed by atoms with Gasteiger partial charge in [0.1, 0.15) is 0 Å². The van der Waals surface area contributed by atoms with E-state index in [4.69, 9.17) is 4.74 Å². The molecule has 0 saturated carbocycles. The second-order valence-electron chi connectivity index (χ2n) is 6.30. The van der Waals surface area contributed by atoms with Crippen molar-refractivity contribution < 1.29 is 9.53 Å². The van der Waals surface area contributed by atoms with E-state index >= 15 is 0 Å². The highest BCUT2D eigenvalue weighted by Crippen LogP contribution is 2.37. The molecule has 3 nitrogen and oxygen atoms in total. The summed E-state index contributed by atoms with van der Waals surface area (Å²) in [6.07, 6.45) is 6.40. The van der Waals surface area contributed by atoms with Gasteiger partial charge in [-0.25, -0.2) is 0 Å². The summed E-state index contributed by atoms with van der Waals surface area (Å²) in [5, 5.41) is 1.10. The largest absolute Gasteiger partial charge is 0.375 e. The van der Waals surface area contributed by atoms with E-state index in [-0.39, 0.29) is 11.7 Å². The summed E-state index contributed by atoms with van der Waals surface area (Å²) in [4.78, 5) is 17.3. The number of hydrogen-bond acceptors (Lipinski definition) is 3. The molecule has 3 heteroatoms. The lowest BCUT2D eigenvalue weighted by atomic mass is 9.86. The number of benzene rings is 1. The van der Waals surface area contributed by atoms with Gasteiger partial charge in [0.05, 0.1) is 17.7 Å². The summed E-state index contributed by atoms with van der Waals surface area (Å²) >= 11 is 0. The Labute approximate surface area is 124 Å². The zero-order chi connectivity index (χ0) is 14.4. The fourth-order valence-corrected chi connectivity index (χ4v) is 3.85. The van der Waals surface area contributed by atoms with Crippen LogP contribution in [0.15, 0.2) is 30.5 Å². The van der Waals surface area contributed by atoms with Crippen LogP contribution in [0.25, 0.3) is 10.9 Å². The molecule has 3 heterocycles. The summed E-state index contributed by atoms with van der Waals surface area (Å²) < 4.78 is 5.85. The lowest BCUT2D eigenvalue weighted by Gasteiger charge is -2.27. The fourth-order valence-electron chi connectivity index (χ4n) is 3.85. The first-order valence-electron chi connectivity index (χ1n) is 7.76. The first kappa shape index (κ1) is 13.0. The molecule has 2 aliphatic rings. The molecule has 2 bridgehead atoms. The molecule has 108 valence electrons. The number of aromatic nitrogens is 1. The second-order valence-corrected chi connectivity index (χ2v) is 6.30. The Balaban J connectivity index is 1.69. The predicted molar refractivity (Wildman–Crippen MR) is 81.4 cm³/mol. The Morgan fingerprint density at radius 1 is 1.19 bits per heavy atom. The van der Waals surface area contributed by atoms with E-state index in [9.17, 15) is 4.79 Å². The highest BCUT2D eigenvalue weighted by Gasteiger charge is 2.38. The van der Waals surface area contributed by atoms with E-state index in [2.05, 4.69) is 4.98 Å². The van der Waals surface area contributed by atoms with Crippen LogP contribution in [0.5, 0.6) is 0 Å². The van der Waals surface area contributed by atoms with Crippen LogP contribution in [0.1, 0.15) is 41.6 Å². The topological polar surface area (TPSA) is 39.2 Å². The van der Waals surface area contributed by atoms with Crippen molar-refractivity contribution in [3.8, 4) is 0 Å². The molecule has 2 unspecified atom stereocenters. The number of ether oxygens (including phenoxy) is 1. The number of ketones is 1. The van der Waals surface area contributed by atoms with Crippen LogP contribution < -0.4 is 0 Å². The molecule has 0 aliphatic carbocycles. The van der Waals surface area contributed by atoms with Crippen molar-refractivity contribution in [1.82, 2.24) is 4.98 Å². The molecule has 0 amide bonds. The molecule has 2 aliphatic heterocycles. The van der Waals surface area contributed by atoms with Crippen LogP contribution in [0.2, 0.25) is 0 Å². The van der Waals surface area contributed by atoms with Crippen molar-refractivity contribution >= 4 is 16.7 Å². The quantitative estimate of drug-likeness (QED) is 0.788. The van der Waals surface area contributed by atoms with E-state index < -0.39 is 0 Å². The van der Waals surface area contributed by atoms with Crippen LogP contribution in [0.3, 0.4) is 0 Å². The molecule has 2 fully saturated rings. The Kier molecular flexibility index (Phi) is 3.03. The zero-order valence-electron chi connectivity index (χ0n) is 12.2. The number of aryl methyl sites for hydroxylation is 1. The average Bonchev–Trinajstić information content (AvgIpc) is 2.85. The SMILES string of the molecule is Cc1c(C(=O)C2CC3CCC(C2)O3)ccc2cccnc12. The molecular weight excluding hydrogens is 262 g/mol. The molecule has 2 atom stereocenters. The highest BCUT2D eigenvalue weighted by molar-refractivity contribution is 6.03. The molecule has 0 radical (unpaired) electrons. The van der Waals surface area contributed by atoms with E-state index in [1.54, 1.807) is 6.20 Å². The predicted octanol–water partition coefficient (Wildman–Crippen LogP) is 3.68. The fraction of sp³-hybridized carbons (Fsp3) is 0.444. The van der Waals surface area contributed by atoms with Crippen LogP contribution in [0, 0.1) is 12.8 Å². The first-order valence-corrected chi connectivity index (χ1v) is 7.76. The zero-order valence-corrected chi connectivity index (χ0v) is 12.2. The monoisotopic (exact) mass is 281 g/mol. The third-order valence-corrected chi connectivity index (χ3v) is 4.95. The molecule has 0 N–H and O–H groups in total. The van der Waals surface area contributed by atoms with Gasteiger partial charge in [-0.2, -0.15) is 0 Å². The van der Waals surface area contributed by atoms with Crippen molar-refractivity contribution in [3.05, 3.63) is 41.6 Å². The minimum Gasteiger partial charge on any atom is -0.375 e. The summed E-state index contributed by atoms with van der Waals surface area (Å²) in [5.41, 5.74) is 2.79. The Hall–Kier alpha value is -1.74. The van der Waals surface area contributed by atoms with Crippen LogP contribution >= 0.6 is 0 Å². The summed E-state index contributed by atoms with van der Waals surface area (Å²) in [6, 6.07) is 7.95. The minimum atomic E-state index is 0.121. The number of nitrogens with zero attached hydrogens (tertiary/aromatic N) is 1. The van der Waals surface area contributed by atoms with E-state index in [0.717, 1.165) is 47.7 Å². The molecule has 2 saturated heterocycles. The van der Waals surface area contributed by atoms with E-state index in [0.29, 0.717) is 12.2 Å². The third kappa shape index (κ3) is 2.16. The van der Waals surface area contributed by atoms with E-state index in [1.165, 1.54) is 0 Å². The summed E-state index contributed by atoms with van der Waals surface area (Å²) in [5.74, 6) is 0.399. The maximum atomic E-state index is 12.9.